The average molecular weight is 262 g/mol. The van der Waals surface area contributed by atoms with Gasteiger partial charge in [-0.05, 0) is 0 Å². The number of hydrogen-bond acceptors (Lipinski definition) is 5. The number of morpholine rings is 1. The third-order valence-corrected chi connectivity index (χ3v) is 2.64. The smallest absolute Gasteiger partial charge is 0.326 e. The van der Waals surface area contributed by atoms with Crippen LogP contribution in [0.5, 0.6) is 0 Å². The van der Waals surface area contributed by atoms with Crippen LogP contribution in [0.4, 0.5) is 4.79 Å². The van der Waals surface area contributed by atoms with Crippen molar-refractivity contribution in [3.05, 3.63) is 0 Å². The van der Waals surface area contributed by atoms with E-state index >= 15 is 0 Å². The monoisotopic (exact) mass is 262 g/mol. The Kier molecular flexibility index (Phi) is 5.83. The van der Waals surface area contributed by atoms with E-state index in [0.717, 1.165) is 0 Å². The molecule has 2 amide bonds. The van der Waals surface area contributed by atoms with E-state index in [4.69, 9.17) is 20.1 Å². The van der Waals surface area contributed by atoms with Gasteiger partial charge in [-0.25, -0.2) is 9.59 Å². The topological polar surface area (TPSA) is 119 Å². The number of ether oxygens (including phenoxy) is 1. The number of aliphatic hydroxyl groups excluding tert-OH is 2. The van der Waals surface area contributed by atoms with Gasteiger partial charge in [0.1, 0.15) is 6.04 Å². The number of carboxylic acids is 1. The summed E-state index contributed by atoms with van der Waals surface area (Å²) < 4.78 is 5.18. The number of nitrogens with one attached hydrogen (secondary N) is 1. The van der Waals surface area contributed by atoms with Gasteiger partial charge in [-0.3, -0.25) is 0 Å². The highest BCUT2D eigenvalue weighted by atomic mass is 16.5. The summed E-state index contributed by atoms with van der Waals surface area (Å²) in [6.45, 7) is 0.348. The lowest BCUT2D eigenvalue weighted by molar-refractivity contribution is -0.139. The Morgan fingerprint density at radius 3 is 2.72 bits per heavy atom. The van der Waals surface area contributed by atoms with Crippen LogP contribution in [0, 0.1) is 0 Å². The quantitative estimate of drug-likeness (QED) is 0.465. The first kappa shape index (κ1) is 14.7. The molecule has 2 unspecified atom stereocenters. The Hall–Kier alpha value is -1.38. The van der Waals surface area contributed by atoms with Crippen molar-refractivity contribution in [2.45, 2.75) is 18.6 Å². The molecule has 0 radical (unpaired) electrons. The molecule has 0 aliphatic carbocycles. The first-order valence-electron chi connectivity index (χ1n) is 5.70. The number of hydrogen-bond donors (Lipinski definition) is 4. The molecule has 1 saturated heterocycles. The molecule has 0 aromatic carbocycles. The van der Waals surface area contributed by atoms with Crippen molar-refractivity contribution in [3.8, 4) is 0 Å². The van der Waals surface area contributed by atoms with Gasteiger partial charge in [-0.2, -0.15) is 0 Å². The highest BCUT2D eigenvalue weighted by Gasteiger charge is 2.27. The second kappa shape index (κ2) is 7.14. The molecule has 8 heteroatoms. The molecule has 1 rings (SSSR count). The van der Waals surface area contributed by atoms with Gasteiger partial charge in [-0.15, -0.1) is 0 Å². The summed E-state index contributed by atoms with van der Waals surface area (Å²) in [5.74, 6) is -1.19. The fourth-order valence-electron chi connectivity index (χ4n) is 1.64. The second-order valence-electron chi connectivity index (χ2n) is 3.97. The molecule has 4 N–H and O–H groups in total. The van der Waals surface area contributed by atoms with Crippen LogP contribution in [0.15, 0.2) is 0 Å². The molecule has 1 aliphatic heterocycles. The number of rotatable bonds is 5. The third-order valence-electron chi connectivity index (χ3n) is 2.64. The highest BCUT2D eigenvalue weighted by molar-refractivity contribution is 5.82. The summed E-state index contributed by atoms with van der Waals surface area (Å²) in [4.78, 5) is 24.0. The molecule has 8 nitrogen and oxygen atoms in total. The fraction of sp³-hybridized carbons (Fsp3) is 0.800. The minimum absolute atomic E-state index is 0.0468. The van der Waals surface area contributed by atoms with Gasteiger partial charge >= 0.3 is 12.0 Å². The molecule has 0 aromatic heterocycles. The minimum Gasteiger partial charge on any atom is -0.480 e. The molecule has 1 aliphatic rings. The maximum atomic E-state index is 11.8. The molecule has 0 aromatic rings. The first-order chi connectivity index (χ1) is 8.58. The lowest BCUT2D eigenvalue weighted by Crippen LogP contribution is -2.54. The van der Waals surface area contributed by atoms with E-state index < -0.39 is 24.1 Å². The van der Waals surface area contributed by atoms with Crippen LogP contribution in [0.2, 0.25) is 0 Å². The number of carbonyl (C=O) groups is 2. The van der Waals surface area contributed by atoms with Crippen LogP contribution in [0.3, 0.4) is 0 Å². The lowest BCUT2D eigenvalue weighted by Gasteiger charge is -2.32. The largest absolute Gasteiger partial charge is 0.480 e. The highest BCUT2D eigenvalue weighted by Crippen LogP contribution is 2.05. The fourth-order valence-corrected chi connectivity index (χ4v) is 1.64. The molecule has 0 saturated carbocycles. The van der Waals surface area contributed by atoms with Crippen LogP contribution in [0.1, 0.15) is 6.42 Å². The van der Waals surface area contributed by atoms with E-state index in [-0.39, 0.29) is 26.2 Å². The van der Waals surface area contributed by atoms with Gasteiger partial charge in [0.15, 0.2) is 0 Å². The normalized spacial score (nSPS) is 21.4. The maximum absolute atomic E-state index is 11.8. The van der Waals surface area contributed by atoms with E-state index in [9.17, 15) is 9.59 Å². The maximum Gasteiger partial charge on any atom is 0.326 e. The number of carboxylic acid groups (broad SMARTS) is 1. The molecule has 1 fully saturated rings. The first-order valence-corrected chi connectivity index (χ1v) is 5.70. The third kappa shape index (κ3) is 4.13. The van der Waals surface area contributed by atoms with Crippen LogP contribution in [-0.2, 0) is 9.53 Å². The van der Waals surface area contributed by atoms with Crippen molar-refractivity contribution in [1.82, 2.24) is 10.2 Å². The Morgan fingerprint density at radius 2 is 2.17 bits per heavy atom. The van der Waals surface area contributed by atoms with Crippen molar-refractivity contribution in [2.75, 3.05) is 32.9 Å². The number of aliphatic carboxylic acids is 1. The zero-order chi connectivity index (χ0) is 13.5. The van der Waals surface area contributed by atoms with Gasteiger partial charge in [0, 0.05) is 19.6 Å². The summed E-state index contributed by atoms with van der Waals surface area (Å²) in [6.07, 6.45) is -0.486. The van der Waals surface area contributed by atoms with Crippen molar-refractivity contribution in [3.63, 3.8) is 0 Å². The number of carbonyl (C=O) groups excluding carboxylic acids is 1. The Bertz CT molecular complexity index is 298. The average Bonchev–Trinajstić information content (AvgIpc) is 2.38. The molecular weight excluding hydrogens is 244 g/mol. The summed E-state index contributed by atoms with van der Waals surface area (Å²) in [6, 6.07) is -1.64. The molecule has 0 bridgehead atoms. The number of nitrogens with zero attached hydrogens (tertiary/aromatic N) is 1. The molecule has 2 atom stereocenters. The van der Waals surface area contributed by atoms with E-state index in [1.807, 2.05) is 0 Å². The molecule has 1 heterocycles. The summed E-state index contributed by atoms with van der Waals surface area (Å²) in [5, 5.41) is 28.8. The molecule has 0 spiro atoms. The molecule has 18 heavy (non-hydrogen) atoms. The Morgan fingerprint density at radius 1 is 1.44 bits per heavy atom. The summed E-state index contributed by atoms with van der Waals surface area (Å²) in [5.41, 5.74) is 0. The van der Waals surface area contributed by atoms with E-state index in [1.165, 1.54) is 4.90 Å². The molecular formula is C10H18N2O6. The standard InChI is InChI=1S/C10H18N2O6/c13-3-1-8(9(15)16)11-10(17)12-2-4-18-7(5-12)6-14/h7-8,13-14H,1-6H2,(H,11,17)(H,15,16). The van der Waals surface area contributed by atoms with Crippen LogP contribution < -0.4 is 5.32 Å². The number of urea groups is 1. The zero-order valence-electron chi connectivity index (χ0n) is 9.91. The van der Waals surface area contributed by atoms with Crippen LogP contribution >= 0.6 is 0 Å². The lowest BCUT2D eigenvalue weighted by atomic mass is 10.2. The predicted octanol–water partition coefficient (Wildman–Crippen LogP) is -1.78. The van der Waals surface area contributed by atoms with E-state index in [2.05, 4.69) is 5.32 Å². The van der Waals surface area contributed by atoms with E-state index in [1.54, 1.807) is 0 Å². The van der Waals surface area contributed by atoms with Crippen molar-refractivity contribution in [1.29, 1.82) is 0 Å². The minimum atomic E-state index is -1.19. The second-order valence-corrected chi connectivity index (χ2v) is 3.97. The Balaban J connectivity index is 2.50. The van der Waals surface area contributed by atoms with Crippen LogP contribution in [-0.4, -0.2) is 77.3 Å². The van der Waals surface area contributed by atoms with Crippen molar-refractivity contribution >= 4 is 12.0 Å². The van der Waals surface area contributed by atoms with Crippen molar-refractivity contribution < 1.29 is 29.6 Å². The van der Waals surface area contributed by atoms with Crippen molar-refractivity contribution in [2.24, 2.45) is 0 Å². The van der Waals surface area contributed by atoms with Crippen LogP contribution in [0.25, 0.3) is 0 Å². The number of amides is 2. The number of aliphatic hydroxyl groups is 2. The van der Waals surface area contributed by atoms with E-state index in [0.29, 0.717) is 13.2 Å². The van der Waals surface area contributed by atoms with Gasteiger partial charge in [-0.1, -0.05) is 0 Å². The van der Waals surface area contributed by atoms with Gasteiger partial charge < -0.3 is 30.3 Å². The zero-order valence-corrected chi connectivity index (χ0v) is 9.91. The summed E-state index contributed by atoms with van der Waals surface area (Å²) in [7, 11) is 0. The van der Waals surface area contributed by atoms with Gasteiger partial charge in [0.25, 0.3) is 0 Å². The predicted molar refractivity (Wildman–Crippen MR) is 60.1 cm³/mol. The summed E-state index contributed by atoms with van der Waals surface area (Å²) >= 11 is 0. The molecule has 104 valence electrons. The van der Waals surface area contributed by atoms with Gasteiger partial charge in [0.05, 0.1) is 25.9 Å². The Labute approximate surface area is 104 Å². The SMILES string of the molecule is O=C(O)C(CCO)NC(=O)N1CCOC(CO)C1. The van der Waals surface area contributed by atoms with Gasteiger partial charge in [0.2, 0.25) is 0 Å².